The van der Waals surface area contributed by atoms with Crippen molar-refractivity contribution in [3.8, 4) is 0 Å². The highest BCUT2D eigenvalue weighted by Crippen LogP contribution is 2.21. The Morgan fingerprint density at radius 2 is 1.73 bits per heavy atom. The summed E-state index contributed by atoms with van der Waals surface area (Å²) in [5, 5.41) is 2.73. The van der Waals surface area contributed by atoms with Crippen LogP contribution in [0.4, 0.5) is 10.1 Å². The van der Waals surface area contributed by atoms with Crippen molar-refractivity contribution in [3.05, 3.63) is 30.1 Å². The Morgan fingerprint density at radius 3 is 2.38 bits per heavy atom. The Hall–Kier alpha value is -1.95. The number of nitrogens with zero attached hydrogens (tertiary/aromatic N) is 2. The zero-order valence-electron chi connectivity index (χ0n) is 15.3. The molecule has 0 radical (unpaired) electrons. The van der Waals surface area contributed by atoms with Gasteiger partial charge in [0.2, 0.25) is 11.8 Å². The molecule has 2 aliphatic heterocycles. The molecule has 6 heteroatoms. The summed E-state index contributed by atoms with van der Waals surface area (Å²) < 4.78 is 13.2. The average Bonchev–Trinajstić information content (AvgIpc) is 2.91. The summed E-state index contributed by atoms with van der Waals surface area (Å²) in [7, 11) is 0. The minimum absolute atomic E-state index is 0.0932. The van der Waals surface area contributed by atoms with E-state index in [-0.39, 0.29) is 24.2 Å². The number of rotatable bonds is 4. The van der Waals surface area contributed by atoms with Gasteiger partial charge in [-0.05, 0) is 57.0 Å². The van der Waals surface area contributed by atoms with E-state index in [4.69, 9.17) is 0 Å². The molecule has 142 valence electrons. The molecule has 2 amide bonds. The van der Waals surface area contributed by atoms with Crippen molar-refractivity contribution in [2.45, 2.75) is 38.5 Å². The monoisotopic (exact) mass is 361 g/mol. The zero-order chi connectivity index (χ0) is 18.4. The van der Waals surface area contributed by atoms with E-state index >= 15 is 0 Å². The molecule has 1 aromatic carbocycles. The van der Waals surface area contributed by atoms with Crippen LogP contribution in [0.5, 0.6) is 0 Å². The van der Waals surface area contributed by atoms with Gasteiger partial charge >= 0.3 is 0 Å². The number of carbonyl (C=O) groups is 2. The molecule has 0 atom stereocenters. The van der Waals surface area contributed by atoms with Gasteiger partial charge in [-0.15, -0.1) is 0 Å². The second-order valence-corrected chi connectivity index (χ2v) is 7.35. The predicted molar refractivity (Wildman–Crippen MR) is 99.2 cm³/mol. The first-order chi connectivity index (χ1) is 12.6. The average molecular weight is 361 g/mol. The summed E-state index contributed by atoms with van der Waals surface area (Å²) in [5.41, 5.74) is 0.473. The molecule has 1 aromatic rings. The number of anilines is 1. The molecule has 0 saturated carbocycles. The molecule has 0 spiro atoms. The Bertz CT molecular complexity index is 621. The van der Waals surface area contributed by atoms with E-state index in [1.165, 1.54) is 25.0 Å². The number of hydrogen-bond acceptors (Lipinski definition) is 3. The van der Waals surface area contributed by atoms with Gasteiger partial charge < -0.3 is 10.2 Å². The van der Waals surface area contributed by atoms with Crippen LogP contribution in [0.25, 0.3) is 0 Å². The van der Waals surface area contributed by atoms with Crippen LogP contribution in [0.2, 0.25) is 0 Å². The lowest BCUT2D eigenvalue weighted by Gasteiger charge is -2.33. The maximum absolute atomic E-state index is 13.2. The van der Waals surface area contributed by atoms with Crippen molar-refractivity contribution < 1.29 is 14.0 Å². The summed E-state index contributed by atoms with van der Waals surface area (Å²) in [6.07, 6.45) is 6.30. The van der Waals surface area contributed by atoms with Gasteiger partial charge in [0.25, 0.3) is 0 Å². The van der Waals surface area contributed by atoms with E-state index in [0.29, 0.717) is 11.6 Å². The highest BCUT2D eigenvalue weighted by molar-refractivity contribution is 5.92. The summed E-state index contributed by atoms with van der Waals surface area (Å²) in [5.74, 6) is -0.116. The van der Waals surface area contributed by atoms with Crippen molar-refractivity contribution in [1.29, 1.82) is 0 Å². The van der Waals surface area contributed by atoms with Crippen molar-refractivity contribution in [3.63, 3.8) is 0 Å². The quantitative estimate of drug-likeness (QED) is 0.897. The number of carbonyl (C=O) groups excluding carboxylic acids is 2. The van der Waals surface area contributed by atoms with E-state index in [2.05, 4.69) is 10.2 Å². The number of hydrogen-bond donors (Lipinski definition) is 1. The second-order valence-electron chi connectivity index (χ2n) is 7.35. The third-order valence-corrected chi connectivity index (χ3v) is 5.33. The SMILES string of the molecule is O=C(CN1CCC(C(=O)N2CCCCCC2)CC1)Nc1cccc(F)c1. The molecular formula is C20H28FN3O2. The number of amides is 2. The van der Waals surface area contributed by atoms with Crippen molar-refractivity contribution in [2.75, 3.05) is 38.0 Å². The molecule has 0 unspecified atom stereocenters. The number of benzene rings is 1. The third kappa shape index (κ3) is 5.27. The lowest BCUT2D eigenvalue weighted by atomic mass is 9.95. The van der Waals surface area contributed by atoms with Gasteiger partial charge in [0, 0.05) is 24.7 Å². The number of nitrogens with one attached hydrogen (secondary N) is 1. The summed E-state index contributed by atoms with van der Waals surface area (Å²) in [4.78, 5) is 29.0. The van der Waals surface area contributed by atoms with E-state index < -0.39 is 0 Å². The number of likely N-dealkylation sites (tertiary alicyclic amines) is 2. The normalized spacial score (nSPS) is 19.8. The van der Waals surface area contributed by atoms with Crippen LogP contribution in [0.3, 0.4) is 0 Å². The molecule has 2 saturated heterocycles. The van der Waals surface area contributed by atoms with E-state index in [1.807, 2.05) is 4.90 Å². The molecule has 3 rings (SSSR count). The van der Waals surface area contributed by atoms with Crippen LogP contribution in [-0.2, 0) is 9.59 Å². The first-order valence-corrected chi connectivity index (χ1v) is 9.68. The minimum atomic E-state index is -0.365. The van der Waals surface area contributed by atoms with Crippen molar-refractivity contribution >= 4 is 17.5 Å². The van der Waals surface area contributed by atoms with Crippen LogP contribution in [-0.4, -0.2) is 54.3 Å². The Kier molecular flexibility index (Phi) is 6.61. The second kappa shape index (κ2) is 9.12. The van der Waals surface area contributed by atoms with Crippen molar-refractivity contribution in [1.82, 2.24) is 9.80 Å². The smallest absolute Gasteiger partial charge is 0.238 e. The van der Waals surface area contributed by atoms with Crippen LogP contribution in [0.1, 0.15) is 38.5 Å². The van der Waals surface area contributed by atoms with Crippen LogP contribution in [0.15, 0.2) is 24.3 Å². The van der Waals surface area contributed by atoms with Gasteiger partial charge in [-0.25, -0.2) is 4.39 Å². The lowest BCUT2D eigenvalue weighted by molar-refractivity contribution is -0.137. The Balaban J connectivity index is 1.43. The first-order valence-electron chi connectivity index (χ1n) is 9.68. The fourth-order valence-electron chi connectivity index (χ4n) is 3.86. The van der Waals surface area contributed by atoms with Crippen LogP contribution >= 0.6 is 0 Å². The van der Waals surface area contributed by atoms with E-state index in [0.717, 1.165) is 51.9 Å². The van der Waals surface area contributed by atoms with Gasteiger partial charge in [0.05, 0.1) is 6.54 Å². The van der Waals surface area contributed by atoms with Gasteiger partial charge in [-0.3, -0.25) is 14.5 Å². The minimum Gasteiger partial charge on any atom is -0.342 e. The van der Waals surface area contributed by atoms with Crippen LogP contribution < -0.4 is 5.32 Å². The molecule has 26 heavy (non-hydrogen) atoms. The van der Waals surface area contributed by atoms with Crippen LogP contribution in [0, 0.1) is 11.7 Å². The van der Waals surface area contributed by atoms with Gasteiger partial charge in [0.1, 0.15) is 5.82 Å². The molecule has 2 fully saturated rings. The molecular weight excluding hydrogens is 333 g/mol. The first kappa shape index (κ1) is 18.8. The summed E-state index contributed by atoms with van der Waals surface area (Å²) in [6, 6.07) is 5.91. The highest BCUT2D eigenvalue weighted by atomic mass is 19.1. The van der Waals surface area contributed by atoms with E-state index in [1.54, 1.807) is 12.1 Å². The molecule has 1 N–H and O–H groups in total. The maximum Gasteiger partial charge on any atom is 0.238 e. The predicted octanol–water partition coefficient (Wildman–Crippen LogP) is 2.88. The summed E-state index contributed by atoms with van der Waals surface area (Å²) >= 11 is 0. The molecule has 0 aliphatic carbocycles. The number of piperidine rings is 1. The largest absolute Gasteiger partial charge is 0.342 e. The molecule has 0 aromatic heterocycles. The highest BCUT2D eigenvalue weighted by Gasteiger charge is 2.29. The Labute approximate surface area is 154 Å². The maximum atomic E-state index is 13.2. The van der Waals surface area contributed by atoms with Gasteiger partial charge in [0.15, 0.2) is 0 Å². The topological polar surface area (TPSA) is 52.7 Å². The third-order valence-electron chi connectivity index (χ3n) is 5.33. The number of halogens is 1. The van der Waals surface area contributed by atoms with E-state index in [9.17, 15) is 14.0 Å². The fraction of sp³-hybridized carbons (Fsp3) is 0.600. The molecule has 2 aliphatic rings. The standard InChI is InChI=1S/C20H28FN3O2/c21-17-6-5-7-18(14-17)22-19(25)15-23-12-8-16(9-13-23)20(26)24-10-3-1-2-4-11-24/h5-7,14,16H,1-4,8-13,15H2,(H,22,25). The fourth-order valence-corrected chi connectivity index (χ4v) is 3.86. The Morgan fingerprint density at radius 1 is 1.04 bits per heavy atom. The van der Waals surface area contributed by atoms with Gasteiger partial charge in [-0.2, -0.15) is 0 Å². The van der Waals surface area contributed by atoms with Crippen molar-refractivity contribution in [2.24, 2.45) is 5.92 Å². The van der Waals surface area contributed by atoms with Gasteiger partial charge in [-0.1, -0.05) is 18.9 Å². The zero-order valence-corrected chi connectivity index (χ0v) is 15.3. The molecule has 0 bridgehead atoms. The molecule has 2 heterocycles. The summed E-state index contributed by atoms with van der Waals surface area (Å²) in [6.45, 7) is 3.58. The molecule has 5 nitrogen and oxygen atoms in total. The lowest BCUT2D eigenvalue weighted by Crippen LogP contribution is -2.44.